The molecule has 0 radical (unpaired) electrons. The Hall–Kier alpha value is -1.96. The minimum Gasteiger partial charge on any atom is -0.347 e. The zero-order valence-electron chi connectivity index (χ0n) is 13.0. The topological polar surface area (TPSA) is 93.3 Å². The van der Waals surface area contributed by atoms with Gasteiger partial charge >= 0.3 is 5.69 Å². The molecule has 0 saturated carbocycles. The lowest BCUT2D eigenvalue weighted by molar-refractivity contribution is -0.385. The fraction of sp³-hybridized carbons (Fsp3) is 0.692. The van der Waals surface area contributed by atoms with Crippen LogP contribution < -0.4 is 5.32 Å². The molecule has 0 aliphatic carbocycles. The molecule has 8 heteroatoms. The van der Waals surface area contributed by atoms with Crippen molar-refractivity contribution < 1.29 is 9.72 Å². The first-order chi connectivity index (χ1) is 9.92. The van der Waals surface area contributed by atoms with Crippen LogP contribution in [-0.2, 0) is 6.54 Å². The summed E-state index contributed by atoms with van der Waals surface area (Å²) in [7, 11) is 0. The van der Waals surface area contributed by atoms with Crippen LogP contribution in [0.25, 0.3) is 0 Å². The van der Waals surface area contributed by atoms with Crippen LogP contribution in [-0.4, -0.2) is 51.2 Å². The number of nitro groups is 1. The average molecular weight is 297 g/mol. The van der Waals surface area contributed by atoms with E-state index in [-0.39, 0.29) is 17.4 Å². The maximum atomic E-state index is 12.2. The molecule has 8 nitrogen and oxygen atoms in total. The molecule has 21 heavy (non-hydrogen) atoms. The molecular formula is C13H23N5O3. The van der Waals surface area contributed by atoms with E-state index in [1.165, 1.54) is 10.9 Å². The summed E-state index contributed by atoms with van der Waals surface area (Å²) >= 11 is 0. The second-order valence-electron chi connectivity index (χ2n) is 4.84. The maximum Gasteiger partial charge on any atom is 0.320 e. The van der Waals surface area contributed by atoms with Gasteiger partial charge in [-0.1, -0.05) is 13.8 Å². The van der Waals surface area contributed by atoms with Gasteiger partial charge in [-0.3, -0.25) is 19.6 Å². The molecule has 1 aromatic heterocycles. The summed E-state index contributed by atoms with van der Waals surface area (Å²) in [5, 5.41) is 17.7. The number of carbonyl (C=O) groups is 1. The SMILES string of the molecule is CCN(CC)C[C@H](C)NC(=O)c1nn(CC)cc1[N+](=O)[O-]. The minimum atomic E-state index is -0.580. The Morgan fingerprint density at radius 1 is 1.48 bits per heavy atom. The first-order valence-electron chi connectivity index (χ1n) is 7.17. The standard InChI is InChI=1S/C13H23N5O3/c1-5-16(6-2)8-10(4)14-13(19)12-11(18(20)21)9-17(7-3)15-12/h9-10H,5-8H2,1-4H3,(H,14,19)/t10-/m0/s1. The summed E-state index contributed by atoms with van der Waals surface area (Å²) in [5.74, 6) is -0.506. The van der Waals surface area contributed by atoms with Gasteiger partial charge in [0.2, 0.25) is 5.69 Å². The number of carbonyl (C=O) groups excluding carboxylic acids is 1. The molecule has 118 valence electrons. The molecule has 0 aromatic carbocycles. The molecule has 0 saturated heterocycles. The number of aryl methyl sites for hydroxylation is 1. The minimum absolute atomic E-state index is 0.108. The van der Waals surface area contributed by atoms with Crippen LogP contribution >= 0.6 is 0 Å². The number of amides is 1. The second kappa shape index (κ2) is 7.72. The quantitative estimate of drug-likeness (QED) is 0.576. The van der Waals surface area contributed by atoms with Crippen LogP contribution in [0.1, 0.15) is 38.2 Å². The molecule has 0 aliphatic rings. The summed E-state index contributed by atoms with van der Waals surface area (Å²) < 4.78 is 1.39. The van der Waals surface area contributed by atoms with Crippen molar-refractivity contribution in [2.45, 2.75) is 40.3 Å². The first kappa shape index (κ1) is 17.1. The highest BCUT2D eigenvalue weighted by atomic mass is 16.6. The molecule has 1 amide bonds. The van der Waals surface area contributed by atoms with Crippen LogP contribution in [0.5, 0.6) is 0 Å². The Bertz CT molecular complexity index is 496. The van der Waals surface area contributed by atoms with Gasteiger partial charge in [-0.05, 0) is 26.9 Å². The first-order valence-corrected chi connectivity index (χ1v) is 7.17. The summed E-state index contributed by atoms with van der Waals surface area (Å²) in [6, 6.07) is -0.108. The molecule has 0 spiro atoms. The van der Waals surface area contributed by atoms with Crippen LogP contribution in [0.15, 0.2) is 6.20 Å². The Morgan fingerprint density at radius 2 is 2.10 bits per heavy atom. The molecule has 1 aromatic rings. The number of hydrogen-bond donors (Lipinski definition) is 1. The van der Waals surface area contributed by atoms with E-state index in [2.05, 4.69) is 15.3 Å². The largest absolute Gasteiger partial charge is 0.347 e. The zero-order valence-corrected chi connectivity index (χ0v) is 13.0. The van der Waals surface area contributed by atoms with Crippen molar-refractivity contribution in [3.8, 4) is 0 Å². The van der Waals surface area contributed by atoms with E-state index in [1.54, 1.807) is 6.92 Å². The van der Waals surface area contributed by atoms with E-state index >= 15 is 0 Å². The van der Waals surface area contributed by atoms with Gasteiger partial charge in [0.25, 0.3) is 5.91 Å². The van der Waals surface area contributed by atoms with E-state index in [0.29, 0.717) is 13.1 Å². The van der Waals surface area contributed by atoms with E-state index < -0.39 is 10.8 Å². The fourth-order valence-electron chi connectivity index (χ4n) is 2.08. The molecule has 1 N–H and O–H groups in total. The number of nitrogens with one attached hydrogen (secondary N) is 1. The zero-order chi connectivity index (χ0) is 16.0. The summed E-state index contributed by atoms with van der Waals surface area (Å²) in [5.41, 5.74) is -0.391. The monoisotopic (exact) mass is 297 g/mol. The number of rotatable bonds is 8. The van der Waals surface area contributed by atoms with Crippen molar-refractivity contribution >= 4 is 11.6 Å². The lowest BCUT2D eigenvalue weighted by Crippen LogP contribution is -2.42. The summed E-state index contributed by atoms with van der Waals surface area (Å²) in [6.07, 6.45) is 1.28. The van der Waals surface area contributed by atoms with E-state index in [1.807, 2.05) is 20.8 Å². The molecular weight excluding hydrogens is 274 g/mol. The maximum absolute atomic E-state index is 12.2. The Kier molecular flexibility index (Phi) is 6.29. The van der Waals surface area contributed by atoms with Crippen molar-refractivity contribution in [3.63, 3.8) is 0 Å². The number of nitrogens with zero attached hydrogens (tertiary/aromatic N) is 4. The highest BCUT2D eigenvalue weighted by Gasteiger charge is 2.26. The molecule has 1 atom stereocenters. The van der Waals surface area contributed by atoms with Gasteiger partial charge < -0.3 is 10.2 Å². The van der Waals surface area contributed by atoms with Crippen molar-refractivity contribution in [1.82, 2.24) is 20.0 Å². The molecule has 1 rings (SSSR count). The summed E-state index contributed by atoms with van der Waals surface area (Å²) in [6.45, 7) is 10.7. The highest BCUT2D eigenvalue weighted by Crippen LogP contribution is 2.16. The number of likely N-dealkylation sites (N-methyl/N-ethyl adjacent to an activating group) is 1. The van der Waals surface area contributed by atoms with Gasteiger partial charge in [-0.2, -0.15) is 5.10 Å². The van der Waals surface area contributed by atoms with Crippen molar-refractivity contribution in [3.05, 3.63) is 22.0 Å². The Morgan fingerprint density at radius 3 is 2.57 bits per heavy atom. The predicted molar refractivity (Wildman–Crippen MR) is 79.3 cm³/mol. The fourth-order valence-corrected chi connectivity index (χ4v) is 2.08. The van der Waals surface area contributed by atoms with Crippen LogP contribution in [0.2, 0.25) is 0 Å². The van der Waals surface area contributed by atoms with Crippen molar-refractivity contribution in [2.75, 3.05) is 19.6 Å². The van der Waals surface area contributed by atoms with Crippen molar-refractivity contribution in [1.29, 1.82) is 0 Å². The van der Waals surface area contributed by atoms with Gasteiger partial charge in [-0.25, -0.2) is 0 Å². The normalized spacial score (nSPS) is 12.4. The predicted octanol–water partition coefficient (Wildman–Crippen LogP) is 1.27. The molecule has 0 aliphatic heterocycles. The van der Waals surface area contributed by atoms with Crippen molar-refractivity contribution in [2.24, 2.45) is 0 Å². The van der Waals surface area contributed by atoms with Crippen LogP contribution in [0, 0.1) is 10.1 Å². The third-order valence-electron chi connectivity index (χ3n) is 3.28. The summed E-state index contributed by atoms with van der Waals surface area (Å²) in [4.78, 5) is 24.7. The number of hydrogen-bond acceptors (Lipinski definition) is 5. The van der Waals surface area contributed by atoms with E-state index in [0.717, 1.165) is 13.1 Å². The third kappa shape index (κ3) is 4.52. The van der Waals surface area contributed by atoms with Gasteiger partial charge in [0.15, 0.2) is 0 Å². The molecule has 0 fully saturated rings. The Balaban J connectivity index is 2.79. The van der Waals surface area contributed by atoms with Gasteiger partial charge in [0, 0.05) is 19.1 Å². The molecule has 0 unspecified atom stereocenters. The van der Waals surface area contributed by atoms with Gasteiger partial charge in [-0.15, -0.1) is 0 Å². The molecule has 1 heterocycles. The Labute approximate surface area is 124 Å². The van der Waals surface area contributed by atoms with Crippen LogP contribution in [0.3, 0.4) is 0 Å². The molecule has 0 bridgehead atoms. The second-order valence-corrected chi connectivity index (χ2v) is 4.84. The number of aromatic nitrogens is 2. The third-order valence-corrected chi connectivity index (χ3v) is 3.28. The highest BCUT2D eigenvalue weighted by molar-refractivity contribution is 5.96. The van der Waals surface area contributed by atoms with Gasteiger partial charge in [0.05, 0.1) is 4.92 Å². The van der Waals surface area contributed by atoms with Gasteiger partial charge in [0.1, 0.15) is 6.20 Å². The van der Waals surface area contributed by atoms with E-state index in [4.69, 9.17) is 0 Å². The van der Waals surface area contributed by atoms with Crippen LogP contribution in [0.4, 0.5) is 5.69 Å². The lowest BCUT2D eigenvalue weighted by atomic mass is 10.2. The smallest absolute Gasteiger partial charge is 0.320 e. The average Bonchev–Trinajstić information content (AvgIpc) is 2.89. The van der Waals surface area contributed by atoms with E-state index in [9.17, 15) is 14.9 Å². The lowest BCUT2D eigenvalue weighted by Gasteiger charge is -2.23.